The number of hydrogen-bond acceptors (Lipinski definition) is 4. The molecule has 0 radical (unpaired) electrons. The van der Waals surface area contributed by atoms with Crippen LogP contribution in [0.25, 0.3) is 5.65 Å². The maximum absolute atomic E-state index is 12.1. The van der Waals surface area contributed by atoms with E-state index in [4.69, 9.17) is 9.47 Å². The first-order valence-electron chi connectivity index (χ1n) is 8.46. The second kappa shape index (κ2) is 7.38. The van der Waals surface area contributed by atoms with Crippen molar-refractivity contribution in [3.8, 4) is 5.75 Å². The topological polar surface area (TPSA) is 52.8 Å². The molecule has 0 aliphatic carbocycles. The Morgan fingerprint density at radius 1 is 1.08 bits per heavy atom. The van der Waals surface area contributed by atoms with E-state index < -0.39 is 0 Å². The first kappa shape index (κ1) is 17.0. The number of carbonyl (C=O) groups is 1. The van der Waals surface area contributed by atoms with E-state index in [2.05, 4.69) is 17.1 Å². The highest BCUT2D eigenvalue weighted by Gasteiger charge is 2.18. The molecule has 2 aromatic heterocycles. The largest absolute Gasteiger partial charge is 0.497 e. The Morgan fingerprint density at radius 3 is 2.44 bits per heavy atom. The number of rotatable bonds is 6. The van der Waals surface area contributed by atoms with Crippen LogP contribution in [0, 0.1) is 0 Å². The third kappa shape index (κ3) is 3.50. The first-order valence-corrected chi connectivity index (χ1v) is 8.46. The molecule has 0 aliphatic heterocycles. The number of methoxy groups -OCH3 is 1. The molecule has 5 heteroatoms. The molecule has 0 saturated carbocycles. The van der Waals surface area contributed by atoms with Crippen LogP contribution in [0.5, 0.6) is 5.75 Å². The average Bonchev–Trinajstić information content (AvgIpc) is 3.00. The lowest BCUT2D eigenvalue weighted by Crippen LogP contribution is -2.08. The maximum Gasteiger partial charge on any atom is 0.358 e. The highest BCUT2D eigenvalue weighted by molar-refractivity contribution is 5.89. The average molecular weight is 338 g/mol. The van der Waals surface area contributed by atoms with Crippen LogP contribution in [0.1, 0.15) is 41.2 Å². The molecule has 0 unspecified atom stereocenters. The fourth-order valence-corrected chi connectivity index (χ4v) is 2.92. The third-order valence-electron chi connectivity index (χ3n) is 4.15. The van der Waals surface area contributed by atoms with Gasteiger partial charge >= 0.3 is 5.97 Å². The van der Waals surface area contributed by atoms with Crippen LogP contribution in [0.3, 0.4) is 0 Å². The number of carbonyl (C=O) groups excluding carboxylic acids is 1. The Balaban J connectivity index is 1.94. The molecule has 3 rings (SSSR count). The predicted molar refractivity (Wildman–Crippen MR) is 96.3 cm³/mol. The van der Waals surface area contributed by atoms with E-state index >= 15 is 0 Å². The Labute approximate surface area is 147 Å². The maximum atomic E-state index is 12.1. The van der Waals surface area contributed by atoms with E-state index in [0.29, 0.717) is 18.7 Å². The van der Waals surface area contributed by atoms with E-state index in [-0.39, 0.29) is 5.97 Å². The molecule has 0 amide bonds. The molecule has 3 aromatic rings. The van der Waals surface area contributed by atoms with E-state index in [1.54, 1.807) is 14.0 Å². The number of fused-ring (bicyclic) bond motifs is 1. The van der Waals surface area contributed by atoms with E-state index in [1.807, 2.05) is 41.8 Å². The fraction of sp³-hybridized carbons (Fsp3) is 0.300. The second-order valence-electron chi connectivity index (χ2n) is 5.77. The second-order valence-corrected chi connectivity index (χ2v) is 5.77. The minimum absolute atomic E-state index is 0.346. The number of esters is 1. The standard InChI is InChI=1S/C20H22N2O3/c1-4-17-19(20(23)25-5-2)21-18-11-8-15(13-22(17)18)12-14-6-9-16(24-3)10-7-14/h6-11,13H,4-5,12H2,1-3H3. The van der Waals surface area contributed by atoms with Crippen molar-refractivity contribution in [3.63, 3.8) is 0 Å². The van der Waals surface area contributed by atoms with Crippen molar-refractivity contribution in [2.75, 3.05) is 13.7 Å². The van der Waals surface area contributed by atoms with Crippen molar-refractivity contribution in [1.29, 1.82) is 0 Å². The van der Waals surface area contributed by atoms with Gasteiger partial charge in [-0.15, -0.1) is 0 Å². The molecule has 5 nitrogen and oxygen atoms in total. The lowest BCUT2D eigenvalue weighted by atomic mass is 10.1. The van der Waals surface area contributed by atoms with Crippen molar-refractivity contribution in [1.82, 2.24) is 9.38 Å². The number of pyridine rings is 1. The summed E-state index contributed by atoms with van der Waals surface area (Å²) >= 11 is 0. The molecule has 0 N–H and O–H groups in total. The summed E-state index contributed by atoms with van der Waals surface area (Å²) in [6.45, 7) is 4.16. The molecule has 0 saturated heterocycles. The number of nitrogens with zero attached hydrogens (tertiary/aromatic N) is 2. The van der Waals surface area contributed by atoms with Gasteiger partial charge in [-0.05, 0) is 49.1 Å². The van der Waals surface area contributed by atoms with Crippen molar-refractivity contribution in [2.24, 2.45) is 0 Å². The number of ether oxygens (including phenoxy) is 2. The molecule has 1 aromatic carbocycles. The van der Waals surface area contributed by atoms with Crippen LogP contribution in [-0.4, -0.2) is 29.1 Å². The van der Waals surface area contributed by atoms with Gasteiger partial charge in [0.15, 0.2) is 5.69 Å². The summed E-state index contributed by atoms with van der Waals surface area (Å²) in [5.41, 5.74) is 4.40. The Hall–Kier alpha value is -2.82. The van der Waals surface area contributed by atoms with Gasteiger partial charge in [0.25, 0.3) is 0 Å². The summed E-state index contributed by atoms with van der Waals surface area (Å²) in [6, 6.07) is 12.0. The molecule has 130 valence electrons. The van der Waals surface area contributed by atoms with Crippen molar-refractivity contribution >= 4 is 11.6 Å². The Morgan fingerprint density at radius 2 is 1.80 bits per heavy atom. The predicted octanol–water partition coefficient (Wildman–Crippen LogP) is 3.67. The van der Waals surface area contributed by atoms with Crippen molar-refractivity contribution in [2.45, 2.75) is 26.7 Å². The number of aryl methyl sites for hydroxylation is 1. The summed E-state index contributed by atoms with van der Waals surface area (Å²) in [4.78, 5) is 16.6. The van der Waals surface area contributed by atoms with E-state index in [0.717, 1.165) is 29.1 Å². The molecule has 25 heavy (non-hydrogen) atoms. The quantitative estimate of drug-likeness (QED) is 0.644. The number of imidazole rings is 1. The lowest BCUT2D eigenvalue weighted by Gasteiger charge is -2.06. The van der Waals surface area contributed by atoms with Gasteiger partial charge in [-0.25, -0.2) is 9.78 Å². The van der Waals surface area contributed by atoms with Crippen molar-refractivity contribution in [3.05, 3.63) is 65.1 Å². The molecular formula is C20H22N2O3. The van der Waals surface area contributed by atoms with Crippen LogP contribution in [0.4, 0.5) is 0 Å². The number of benzene rings is 1. The molecule has 2 heterocycles. The van der Waals surface area contributed by atoms with Crippen LogP contribution in [-0.2, 0) is 17.6 Å². The molecule has 0 aliphatic rings. The summed E-state index contributed by atoms with van der Waals surface area (Å²) in [6.07, 6.45) is 3.56. The monoisotopic (exact) mass is 338 g/mol. The Bertz CT molecular complexity index is 882. The zero-order chi connectivity index (χ0) is 17.8. The van der Waals surface area contributed by atoms with Gasteiger partial charge in [0.2, 0.25) is 0 Å². The van der Waals surface area contributed by atoms with Crippen LogP contribution in [0.15, 0.2) is 42.6 Å². The van der Waals surface area contributed by atoms with Crippen LogP contribution in [0.2, 0.25) is 0 Å². The highest BCUT2D eigenvalue weighted by Crippen LogP contribution is 2.19. The zero-order valence-corrected chi connectivity index (χ0v) is 14.8. The van der Waals surface area contributed by atoms with Gasteiger partial charge in [-0.2, -0.15) is 0 Å². The van der Waals surface area contributed by atoms with Crippen LogP contribution < -0.4 is 4.74 Å². The summed E-state index contributed by atoms with van der Waals surface area (Å²) in [5.74, 6) is 0.487. The van der Waals surface area contributed by atoms with E-state index in [9.17, 15) is 4.79 Å². The highest BCUT2D eigenvalue weighted by atomic mass is 16.5. The first-order chi connectivity index (χ1) is 12.2. The molecular weight excluding hydrogens is 316 g/mol. The molecule has 0 bridgehead atoms. The zero-order valence-electron chi connectivity index (χ0n) is 14.8. The summed E-state index contributed by atoms with van der Waals surface area (Å²) in [7, 11) is 1.66. The smallest absolute Gasteiger partial charge is 0.358 e. The van der Waals surface area contributed by atoms with Gasteiger partial charge in [0.1, 0.15) is 11.4 Å². The fourth-order valence-electron chi connectivity index (χ4n) is 2.92. The summed E-state index contributed by atoms with van der Waals surface area (Å²) in [5, 5.41) is 0. The minimum atomic E-state index is -0.361. The SMILES string of the molecule is CCOC(=O)c1nc2ccc(Cc3ccc(OC)cc3)cn2c1CC. The van der Waals surface area contributed by atoms with Gasteiger partial charge in [-0.1, -0.05) is 25.1 Å². The lowest BCUT2D eigenvalue weighted by molar-refractivity contribution is 0.0519. The van der Waals surface area contributed by atoms with E-state index in [1.165, 1.54) is 5.56 Å². The van der Waals surface area contributed by atoms with Crippen LogP contribution >= 0.6 is 0 Å². The number of hydrogen-bond donors (Lipinski definition) is 0. The molecule has 0 fully saturated rings. The minimum Gasteiger partial charge on any atom is -0.497 e. The van der Waals surface area contributed by atoms with Gasteiger partial charge in [-0.3, -0.25) is 0 Å². The van der Waals surface area contributed by atoms with Gasteiger partial charge in [0.05, 0.1) is 19.4 Å². The van der Waals surface area contributed by atoms with Crippen molar-refractivity contribution < 1.29 is 14.3 Å². The third-order valence-corrected chi connectivity index (χ3v) is 4.15. The normalized spacial score (nSPS) is 10.8. The molecule has 0 spiro atoms. The molecule has 0 atom stereocenters. The van der Waals surface area contributed by atoms with Gasteiger partial charge < -0.3 is 13.9 Å². The van der Waals surface area contributed by atoms with Gasteiger partial charge in [0, 0.05) is 6.20 Å². The Kier molecular flexibility index (Phi) is 5.03. The summed E-state index contributed by atoms with van der Waals surface area (Å²) < 4.78 is 12.3. The number of aromatic nitrogens is 2.